The summed E-state index contributed by atoms with van der Waals surface area (Å²) >= 11 is 0. The third-order valence-corrected chi connectivity index (χ3v) is 4.07. The van der Waals surface area contributed by atoms with Crippen LogP contribution in [0.15, 0.2) is 24.3 Å². The Morgan fingerprint density at radius 3 is 3.00 bits per heavy atom. The zero-order valence-electron chi connectivity index (χ0n) is 9.81. The molecule has 0 saturated carbocycles. The summed E-state index contributed by atoms with van der Waals surface area (Å²) in [5.74, 6) is -0.714. The van der Waals surface area contributed by atoms with Gasteiger partial charge in [0.25, 0.3) is 0 Å². The van der Waals surface area contributed by atoms with E-state index in [2.05, 4.69) is 17.4 Å². The van der Waals surface area contributed by atoms with E-state index in [1.807, 2.05) is 24.1 Å². The van der Waals surface area contributed by atoms with Crippen LogP contribution in [0.2, 0.25) is 0 Å². The molecule has 2 aliphatic rings. The van der Waals surface area contributed by atoms with Gasteiger partial charge in [-0.25, -0.2) is 0 Å². The zero-order valence-corrected chi connectivity index (χ0v) is 9.81. The Labute approximate surface area is 100 Å². The first-order valence-electron chi connectivity index (χ1n) is 5.89. The molecule has 0 aliphatic carbocycles. The summed E-state index contributed by atoms with van der Waals surface area (Å²) in [7, 11) is 1.90. The van der Waals surface area contributed by atoms with Crippen molar-refractivity contribution < 1.29 is 9.90 Å². The Balaban J connectivity index is 1.98. The number of likely N-dealkylation sites (N-methyl/N-ethyl adjacent to an activating group) is 1. The number of carbonyl (C=O) groups is 1. The number of rotatable bonds is 1. The van der Waals surface area contributed by atoms with Crippen LogP contribution in [0.1, 0.15) is 12.0 Å². The minimum atomic E-state index is -0.714. The van der Waals surface area contributed by atoms with E-state index in [-0.39, 0.29) is 11.5 Å². The molecule has 90 valence electrons. The van der Waals surface area contributed by atoms with Crippen LogP contribution in [-0.2, 0) is 10.2 Å². The van der Waals surface area contributed by atoms with Crippen LogP contribution in [0.3, 0.4) is 0 Å². The molecule has 0 bridgehead atoms. The summed E-state index contributed by atoms with van der Waals surface area (Å²) in [6.45, 7) is 1.66. The van der Waals surface area contributed by atoms with E-state index in [0.29, 0.717) is 6.42 Å². The Bertz CT molecular complexity index is 474. The average molecular weight is 232 g/mol. The maximum atomic E-state index is 11.2. The molecule has 1 fully saturated rings. The zero-order chi connectivity index (χ0) is 12.0. The fourth-order valence-corrected chi connectivity index (χ4v) is 3.24. The highest BCUT2D eigenvalue weighted by Crippen LogP contribution is 2.44. The van der Waals surface area contributed by atoms with Crippen LogP contribution in [0.25, 0.3) is 0 Å². The van der Waals surface area contributed by atoms with Gasteiger partial charge in [0.05, 0.1) is 0 Å². The summed E-state index contributed by atoms with van der Waals surface area (Å²) in [5.41, 5.74) is 2.41. The van der Waals surface area contributed by atoms with Crippen molar-refractivity contribution >= 4 is 11.7 Å². The highest BCUT2D eigenvalue weighted by molar-refractivity contribution is 5.75. The number of nitrogens with zero attached hydrogens (tertiary/aromatic N) is 1. The number of anilines is 1. The minimum absolute atomic E-state index is 0.0194. The predicted molar refractivity (Wildman–Crippen MR) is 65.3 cm³/mol. The standard InChI is InChI=1S/C13H16N2O2/c1-15-8-13(6-11(15)12(16)17)7-14-10-5-3-2-4-9(10)13/h2-5,11,14H,6-8H2,1H3,(H,16,17). The maximum Gasteiger partial charge on any atom is 0.320 e. The van der Waals surface area contributed by atoms with Gasteiger partial charge >= 0.3 is 5.97 Å². The van der Waals surface area contributed by atoms with Crippen LogP contribution in [0.4, 0.5) is 5.69 Å². The van der Waals surface area contributed by atoms with Crippen molar-refractivity contribution in [1.82, 2.24) is 4.90 Å². The first kappa shape index (κ1) is 10.6. The number of likely N-dealkylation sites (tertiary alicyclic amines) is 1. The molecule has 2 aliphatic heterocycles. The third-order valence-electron chi connectivity index (χ3n) is 4.07. The maximum absolute atomic E-state index is 11.2. The number of para-hydroxylation sites is 1. The van der Waals surface area contributed by atoms with Gasteiger partial charge in [-0.2, -0.15) is 0 Å². The van der Waals surface area contributed by atoms with Gasteiger partial charge in [-0.05, 0) is 25.1 Å². The number of hydrogen-bond acceptors (Lipinski definition) is 3. The molecule has 4 nitrogen and oxygen atoms in total. The second-order valence-electron chi connectivity index (χ2n) is 5.15. The van der Waals surface area contributed by atoms with E-state index in [9.17, 15) is 9.90 Å². The normalized spacial score (nSPS) is 31.5. The lowest BCUT2D eigenvalue weighted by Gasteiger charge is -2.22. The lowest BCUT2D eigenvalue weighted by molar-refractivity contribution is -0.141. The van der Waals surface area contributed by atoms with Crippen LogP contribution in [0.5, 0.6) is 0 Å². The van der Waals surface area contributed by atoms with Gasteiger partial charge in [-0.15, -0.1) is 0 Å². The molecule has 0 aromatic heterocycles. The molecule has 0 radical (unpaired) electrons. The van der Waals surface area contributed by atoms with Gasteiger partial charge in [0.15, 0.2) is 0 Å². The fraction of sp³-hybridized carbons (Fsp3) is 0.462. The number of carboxylic acids is 1. The summed E-state index contributed by atoms with van der Waals surface area (Å²) in [4.78, 5) is 13.2. The van der Waals surface area contributed by atoms with E-state index in [0.717, 1.165) is 18.8 Å². The predicted octanol–water partition coefficient (Wildman–Crippen LogP) is 1.14. The first-order valence-corrected chi connectivity index (χ1v) is 5.89. The molecule has 2 unspecified atom stereocenters. The van der Waals surface area contributed by atoms with E-state index >= 15 is 0 Å². The Kier molecular flexibility index (Phi) is 2.16. The van der Waals surface area contributed by atoms with Crippen LogP contribution >= 0.6 is 0 Å². The lowest BCUT2D eigenvalue weighted by atomic mass is 9.80. The van der Waals surface area contributed by atoms with Crippen molar-refractivity contribution in [2.75, 3.05) is 25.5 Å². The Morgan fingerprint density at radius 1 is 1.53 bits per heavy atom. The van der Waals surface area contributed by atoms with Gasteiger partial charge in [0.2, 0.25) is 0 Å². The van der Waals surface area contributed by atoms with E-state index < -0.39 is 5.97 Å². The molecule has 2 atom stereocenters. The first-order chi connectivity index (χ1) is 8.12. The topological polar surface area (TPSA) is 52.6 Å². The van der Waals surface area contributed by atoms with Crippen LogP contribution in [-0.4, -0.2) is 42.2 Å². The molecule has 3 rings (SSSR count). The number of hydrogen-bond donors (Lipinski definition) is 2. The average Bonchev–Trinajstić information content (AvgIpc) is 2.83. The Morgan fingerprint density at radius 2 is 2.29 bits per heavy atom. The van der Waals surface area contributed by atoms with Gasteiger partial charge in [0.1, 0.15) is 6.04 Å². The molecule has 1 spiro atoms. The molecule has 2 N–H and O–H groups in total. The number of aliphatic carboxylic acids is 1. The minimum Gasteiger partial charge on any atom is -0.480 e. The SMILES string of the molecule is CN1CC2(CNc3ccccc32)CC1C(=O)O. The number of nitrogens with one attached hydrogen (secondary N) is 1. The summed E-state index contributed by atoms with van der Waals surface area (Å²) < 4.78 is 0. The van der Waals surface area contributed by atoms with Gasteiger partial charge in [0, 0.05) is 24.2 Å². The summed E-state index contributed by atoms with van der Waals surface area (Å²) in [5, 5.41) is 12.6. The van der Waals surface area contributed by atoms with E-state index in [1.165, 1.54) is 5.56 Å². The molecule has 1 aromatic rings. The second kappa shape index (κ2) is 3.47. The van der Waals surface area contributed by atoms with Gasteiger partial charge < -0.3 is 10.4 Å². The molecular formula is C13H16N2O2. The van der Waals surface area contributed by atoms with Crippen molar-refractivity contribution in [2.45, 2.75) is 17.9 Å². The van der Waals surface area contributed by atoms with Crippen molar-refractivity contribution in [3.05, 3.63) is 29.8 Å². The molecule has 0 amide bonds. The largest absolute Gasteiger partial charge is 0.480 e. The van der Waals surface area contributed by atoms with Crippen molar-refractivity contribution in [2.24, 2.45) is 0 Å². The molecule has 1 saturated heterocycles. The molecule has 4 heteroatoms. The van der Waals surface area contributed by atoms with Crippen LogP contribution in [0, 0.1) is 0 Å². The van der Waals surface area contributed by atoms with Crippen molar-refractivity contribution in [3.8, 4) is 0 Å². The second-order valence-corrected chi connectivity index (χ2v) is 5.15. The Hall–Kier alpha value is -1.55. The number of benzene rings is 1. The van der Waals surface area contributed by atoms with Crippen molar-refractivity contribution in [3.63, 3.8) is 0 Å². The highest BCUT2D eigenvalue weighted by Gasteiger charge is 2.49. The highest BCUT2D eigenvalue weighted by atomic mass is 16.4. The fourth-order valence-electron chi connectivity index (χ4n) is 3.24. The van der Waals surface area contributed by atoms with Gasteiger partial charge in [-0.3, -0.25) is 9.69 Å². The summed E-state index contributed by atoms with van der Waals surface area (Å²) in [6.07, 6.45) is 0.697. The third kappa shape index (κ3) is 1.44. The number of carboxylic acid groups (broad SMARTS) is 1. The van der Waals surface area contributed by atoms with Crippen LogP contribution < -0.4 is 5.32 Å². The van der Waals surface area contributed by atoms with E-state index in [1.54, 1.807) is 0 Å². The number of fused-ring (bicyclic) bond motifs is 2. The monoisotopic (exact) mass is 232 g/mol. The van der Waals surface area contributed by atoms with Gasteiger partial charge in [-0.1, -0.05) is 18.2 Å². The quantitative estimate of drug-likeness (QED) is 0.762. The summed E-state index contributed by atoms with van der Waals surface area (Å²) in [6, 6.07) is 7.87. The lowest BCUT2D eigenvalue weighted by Crippen LogP contribution is -2.33. The molecule has 2 heterocycles. The molecule has 1 aromatic carbocycles. The van der Waals surface area contributed by atoms with Crippen molar-refractivity contribution in [1.29, 1.82) is 0 Å². The molecule has 17 heavy (non-hydrogen) atoms. The smallest absolute Gasteiger partial charge is 0.320 e. The molecular weight excluding hydrogens is 216 g/mol. The van der Waals surface area contributed by atoms with E-state index in [4.69, 9.17) is 0 Å².